The van der Waals surface area contributed by atoms with Gasteiger partial charge in [-0.1, -0.05) is 36.6 Å². The van der Waals surface area contributed by atoms with Crippen molar-refractivity contribution in [3.8, 4) is 5.69 Å². The molecular formula is C20H22ClN3O3. The highest BCUT2D eigenvalue weighted by Crippen LogP contribution is 2.40. The first kappa shape index (κ1) is 18.0. The van der Waals surface area contributed by atoms with Crippen molar-refractivity contribution in [2.24, 2.45) is 5.92 Å². The summed E-state index contributed by atoms with van der Waals surface area (Å²) in [6, 6.07) is 7.15. The molecule has 1 aromatic carbocycles. The summed E-state index contributed by atoms with van der Waals surface area (Å²) >= 11 is 6.49. The zero-order valence-electron chi connectivity index (χ0n) is 15.2. The van der Waals surface area contributed by atoms with Gasteiger partial charge in [-0.2, -0.15) is 9.78 Å². The van der Waals surface area contributed by atoms with E-state index in [0.717, 1.165) is 19.4 Å². The molecule has 1 saturated heterocycles. The van der Waals surface area contributed by atoms with Crippen LogP contribution in [-0.2, 0) is 4.74 Å². The van der Waals surface area contributed by atoms with E-state index >= 15 is 0 Å². The van der Waals surface area contributed by atoms with Crippen LogP contribution in [0, 0.1) is 5.92 Å². The Hall–Kier alpha value is -2.34. The average molecular weight is 388 g/mol. The van der Waals surface area contributed by atoms with E-state index in [2.05, 4.69) is 10.00 Å². The second-order valence-electron chi connectivity index (χ2n) is 7.16. The van der Waals surface area contributed by atoms with Crippen LogP contribution in [-0.4, -0.2) is 35.4 Å². The molecule has 2 fully saturated rings. The van der Waals surface area contributed by atoms with Crippen molar-refractivity contribution in [3.63, 3.8) is 0 Å². The van der Waals surface area contributed by atoms with E-state index in [1.54, 1.807) is 30.5 Å². The van der Waals surface area contributed by atoms with Gasteiger partial charge in [0.25, 0.3) is 5.56 Å². The fraction of sp³-hybridized carbons (Fsp3) is 0.450. The molecule has 7 heteroatoms. The van der Waals surface area contributed by atoms with Gasteiger partial charge >= 0.3 is 5.97 Å². The quantitative estimate of drug-likeness (QED) is 0.755. The van der Waals surface area contributed by atoms with Crippen LogP contribution >= 0.6 is 11.6 Å². The summed E-state index contributed by atoms with van der Waals surface area (Å²) in [6.45, 7) is 0.902. The molecule has 142 valence electrons. The summed E-state index contributed by atoms with van der Waals surface area (Å²) in [4.78, 5) is 27.2. The van der Waals surface area contributed by atoms with Gasteiger partial charge in [-0.05, 0) is 37.3 Å². The van der Waals surface area contributed by atoms with Crippen molar-refractivity contribution in [1.82, 2.24) is 9.78 Å². The molecule has 27 heavy (non-hydrogen) atoms. The van der Waals surface area contributed by atoms with Gasteiger partial charge in [0.2, 0.25) is 0 Å². The van der Waals surface area contributed by atoms with E-state index in [1.807, 2.05) is 0 Å². The third-order valence-corrected chi connectivity index (χ3v) is 6.11. The van der Waals surface area contributed by atoms with Crippen LogP contribution in [0.1, 0.15) is 42.5 Å². The molecule has 0 radical (unpaired) electrons. The van der Waals surface area contributed by atoms with Crippen molar-refractivity contribution < 1.29 is 9.53 Å². The number of halogens is 1. The maximum Gasteiger partial charge on any atom is 0.340 e. The van der Waals surface area contributed by atoms with Crippen molar-refractivity contribution >= 4 is 23.3 Å². The third kappa shape index (κ3) is 3.12. The van der Waals surface area contributed by atoms with Crippen molar-refractivity contribution in [2.45, 2.75) is 38.1 Å². The minimum Gasteiger partial charge on any atom is -0.465 e. The lowest BCUT2D eigenvalue weighted by molar-refractivity contribution is 0.0600. The molecule has 2 atom stereocenters. The summed E-state index contributed by atoms with van der Waals surface area (Å²) in [6.07, 6.45) is 7.66. The van der Waals surface area contributed by atoms with Gasteiger partial charge in [0.15, 0.2) is 0 Å². The molecule has 2 aromatic rings. The van der Waals surface area contributed by atoms with Crippen molar-refractivity contribution in [3.05, 3.63) is 51.4 Å². The Morgan fingerprint density at radius 1 is 1.19 bits per heavy atom. The zero-order chi connectivity index (χ0) is 19.0. The number of nitrogens with zero attached hydrogens (tertiary/aromatic N) is 3. The number of para-hydroxylation sites is 1. The number of aromatic nitrogens is 2. The van der Waals surface area contributed by atoms with E-state index in [1.165, 1.54) is 31.1 Å². The van der Waals surface area contributed by atoms with Crippen molar-refractivity contribution in [1.29, 1.82) is 0 Å². The van der Waals surface area contributed by atoms with Gasteiger partial charge in [0.05, 0.1) is 30.2 Å². The summed E-state index contributed by atoms with van der Waals surface area (Å²) in [5.74, 6) is 0.154. The lowest BCUT2D eigenvalue weighted by Crippen LogP contribution is -2.36. The number of benzene rings is 1. The van der Waals surface area contributed by atoms with Crippen LogP contribution in [0.3, 0.4) is 0 Å². The summed E-state index contributed by atoms with van der Waals surface area (Å²) in [5.41, 5.74) is 0.902. The standard InChI is InChI=1S/C20H22ClN3O3/c1-27-20(26)14-7-3-5-9-16(14)24-19(25)18(21)17(12-22-24)23-11-10-13-6-2-4-8-15(13)23/h3,5,7,9,12-13,15H,2,4,6,8,10-11H2,1H3. The van der Waals surface area contributed by atoms with Gasteiger partial charge in [-0.3, -0.25) is 4.79 Å². The summed E-state index contributed by atoms with van der Waals surface area (Å²) in [5, 5.41) is 4.49. The monoisotopic (exact) mass is 387 g/mol. The predicted octanol–water partition coefficient (Wildman–Crippen LogP) is 3.44. The second-order valence-corrected chi connectivity index (χ2v) is 7.54. The number of rotatable bonds is 3. The molecule has 0 amide bonds. The molecule has 1 aliphatic carbocycles. The highest BCUT2D eigenvalue weighted by molar-refractivity contribution is 6.33. The van der Waals surface area contributed by atoms with E-state index in [-0.39, 0.29) is 10.6 Å². The van der Waals surface area contributed by atoms with Crippen LogP contribution in [0.15, 0.2) is 35.3 Å². The topological polar surface area (TPSA) is 64.4 Å². The average Bonchev–Trinajstić information content (AvgIpc) is 3.13. The van der Waals surface area contributed by atoms with Gasteiger partial charge < -0.3 is 9.64 Å². The number of anilines is 1. The van der Waals surface area contributed by atoms with E-state index < -0.39 is 11.5 Å². The van der Waals surface area contributed by atoms with Crippen LogP contribution in [0.25, 0.3) is 5.69 Å². The van der Waals surface area contributed by atoms with Crippen LogP contribution in [0.4, 0.5) is 5.69 Å². The lowest BCUT2D eigenvalue weighted by atomic mass is 9.85. The molecule has 0 bridgehead atoms. The Kier molecular flexibility index (Phi) is 4.91. The Labute approximate surface area is 162 Å². The Balaban J connectivity index is 1.74. The minimum atomic E-state index is -0.524. The first-order valence-corrected chi connectivity index (χ1v) is 9.72. The molecule has 1 aliphatic heterocycles. The number of hydrogen-bond donors (Lipinski definition) is 0. The fourth-order valence-corrected chi connectivity index (χ4v) is 4.68. The van der Waals surface area contributed by atoms with Crippen molar-refractivity contribution in [2.75, 3.05) is 18.6 Å². The SMILES string of the molecule is COC(=O)c1ccccc1-n1ncc(N2CCC3CCCCC32)c(Cl)c1=O. The van der Waals surface area contributed by atoms with Crippen LogP contribution in [0.2, 0.25) is 5.02 Å². The highest BCUT2D eigenvalue weighted by Gasteiger charge is 2.37. The maximum atomic E-state index is 13.0. The van der Waals surface area contributed by atoms with Gasteiger partial charge in [-0.25, -0.2) is 4.79 Å². The Morgan fingerprint density at radius 3 is 2.78 bits per heavy atom. The highest BCUT2D eigenvalue weighted by atomic mass is 35.5. The third-order valence-electron chi connectivity index (χ3n) is 5.76. The number of carbonyl (C=O) groups is 1. The maximum absolute atomic E-state index is 13.0. The van der Waals surface area contributed by atoms with Crippen LogP contribution in [0.5, 0.6) is 0 Å². The summed E-state index contributed by atoms with van der Waals surface area (Å²) < 4.78 is 5.98. The van der Waals surface area contributed by atoms with Gasteiger partial charge in [-0.15, -0.1) is 0 Å². The molecule has 0 N–H and O–H groups in total. The fourth-order valence-electron chi connectivity index (χ4n) is 4.44. The van der Waals surface area contributed by atoms with Crippen LogP contribution < -0.4 is 10.5 Å². The Morgan fingerprint density at radius 2 is 1.96 bits per heavy atom. The molecule has 2 aliphatic rings. The first-order valence-electron chi connectivity index (χ1n) is 9.34. The van der Waals surface area contributed by atoms with E-state index in [9.17, 15) is 9.59 Å². The van der Waals surface area contributed by atoms with Gasteiger partial charge in [0.1, 0.15) is 5.02 Å². The molecule has 2 heterocycles. The molecular weight excluding hydrogens is 366 g/mol. The summed E-state index contributed by atoms with van der Waals surface area (Å²) in [7, 11) is 1.30. The predicted molar refractivity (Wildman–Crippen MR) is 104 cm³/mol. The molecule has 6 nitrogen and oxygen atoms in total. The molecule has 1 saturated carbocycles. The van der Waals surface area contributed by atoms with E-state index in [0.29, 0.717) is 23.3 Å². The second kappa shape index (κ2) is 7.35. The Bertz CT molecular complexity index is 927. The molecule has 0 spiro atoms. The minimum absolute atomic E-state index is 0.149. The molecule has 1 aromatic heterocycles. The number of ether oxygens (including phenoxy) is 1. The van der Waals surface area contributed by atoms with E-state index in [4.69, 9.17) is 16.3 Å². The number of carbonyl (C=O) groups excluding carboxylic acids is 1. The molecule has 4 rings (SSSR count). The largest absolute Gasteiger partial charge is 0.465 e. The molecule has 2 unspecified atom stereocenters. The normalized spacial score (nSPS) is 21.8. The number of esters is 1. The lowest BCUT2D eigenvalue weighted by Gasteiger charge is -2.33. The number of fused-ring (bicyclic) bond motifs is 1. The number of hydrogen-bond acceptors (Lipinski definition) is 5. The smallest absolute Gasteiger partial charge is 0.340 e. The first-order chi connectivity index (χ1) is 13.1. The zero-order valence-corrected chi connectivity index (χ0v) is 16.0. The van der Waals surface area contributed by atoms with Gasteiger partial charge in [0, 0.05) is 12.6 Å². The number of methoxy groups -OCH3 is 1.